The topological polar surface area (TPSA) is 0 Å². The molecule has 0 N–H and O–H groups in total. The summed E-state index contributed by atoms with van der Waals surface area (Å²) in [5, 5.41) is 0. The maximum atomic E-state index is 4.47. The highest BCUT2D eigenvalue weighted by Crippen LogP contribution is 2.35. The highest BCUT2D eigenvalue weighted by atomic mass is 14.3. The quantitative estimate of drug-likeness (QED) is 0.279. The van der Waals surface area contributed by atoms with Crippen LogP contribution in [0.5, 0.6) is 0 Å². The van der Waals surface area contributed by atoms with Gasteiger partial charge in [-0.2, -0.15) is 0 Å². The first-order valence-electron chi connectivity index (χ1n) is 8.65. The molecule has 0 aromatic rings. The third-order valence-electron chi connectivity index (χ3n) is 4.27. The summed E-state index contributed by atoms with van der Waals surface area (Å²) in [5.41, 5.74) is 2.88. The van der Waals surface area contributed by atoms with E-state index >= 15 is 0 Å². The van der Waals surface area contributed by atoms with Gasteiger partial charge < -0.3 is 0 Å². The Labute approximate surface area is 128 Å². The van der Waals surface area contributed by atoms with Gasteiger partial charge in [0.1, 0.15) is 0 Å². The van der Waals surface area contributed by atoms with Crippen LogP contribution in [0.4, 0.5) is 0 Å². The fourth-order valence-electron chi connectivity index (χ4n) is 3.09. The summed E-state index contributed by atoms with van der Waals surface area (Å²) in [6.45, 7) is 15.7. The minimum absolute atomic E-state index is 0.625. The fourth-order valence-corrected chi connectivity index (χ4v) is 3.09. The van der Waals surface area contributed by atoms with Crippen molar-refractivity contribution in [3.63, 3.8) is 0 Å². The van der Waals surface area contributed by atoms with Gasteiger partial charge in [-0.25, -0.2) is 0 Å². The monoisotopic (exact) mass is 276 g/mol. The van der Waals surface area contributed by atoms with Gasteiger partial charge in [0.2, 0.25) is 0 Å². The number of rotatable bonds is 11. The van der Waals surface area contributed by atoms with Crippen LogP contribution < -0.4 is 0 Å². The molecule has 0 rings (SSSR count). The van der Waals surface area contributed by atoms with Crippen LogP contribution in [-0.4, -0.2) is 0 Å². The molecule has 0 saturated heterocycles. The predicted molar refractivity (Wildman–Crippen MR) is 94.0 cm³/mol. The molecule has 0 bridgehead atoms. The highest BCUT2D eigenvalue weighted by molar-refractivity contribution is 5.31. The molecule has 0 fully saturated rings. The van der Waals surface area contributed by atoms with Crippen molar-refractivity contribution < 1.29 is 0 Å². The Balaban J connectivity index is 5.06. The Morgan fingerprint density at radius 3 is 2.20 bits per heavy atom. The van der Waals surface area contributed by atoms with Crippen LogP contribution in [-0.2, 0) is 0 Å². The summed E-state index contributed by atoms with van der Waals surface area (Å²) in [6, 6.07) is 0. The van der Waals surface area contributed by atoms with Crippen LogP contribution in [0.1, 0.15) is 79.6 Å². The molecule has 1 unspecified atom stereocenters. The van der Waals surface area contributed by atoms with Crippen LogP contribution in [0.2, 0.25) is 0 Å². The molecule has 0 aromatic heterocycles. The Bertz CT molecular complexity index is 306. The largest absolute Gasteiger partial charge is 0.0953 e. The standard InChI is InChI=1S/C20H36/c1-7-12-13-16-20(19(11-5)15-9-3)17(6)18(10-4)14-8-2/h10,12-13,19-20H,6-9,11,14-16H2,1-5H3/b13-12+,18-10+/t19?,20-/m1/s1. The van der Waals surface area contributed by atoms with Crippen molar-refractivity contribution in [3.05, 3.63) is 36.0 Å². The summed E-state index contributed by atoms with van der Waals surface area (Å²) in [5.74, 6) is 1.40. The minimum atomic E-state index is 0.625. The van der Waals surface area contributed by atoms with Crippen molar-refractivity contribution in [1.29, 1.82) is 0 Å². The van der Waals surface area contributed by atoms with Gasteiger partial charge in [-0.1, -0.05) is 78.2 Å². The molecule has 0 heterocycles. The molecular formula is C20H36. The summed E-state index contributed by atoms with van der Waals surface area (Å²) < 4.78 is 0. The van der Waals surface area contributed by atoms with Gasteiger partial charge in [0, 0.05) is 0 Å². The molecular weight excluding hydrogens is 240 g/mol. The summed E-state index contributed by atoms with van der Waals surface area (Å²) in [7, 11) is 0. The lowest BCUT2D eigenvalue weighted by molar-refractivity contribution is 0.344. The number of hydrogen-bond acceptors (Lipinski definition) is 0. The van der Waals surface area contributed by atoms with Crippen molar-refractivity contribution in [2.24, 2.45) is 11.8 Å². The smallest absolute Gasteiger partial charge is 0.0102 e. The Morgan fingerprint density at radius 1 is 1.05 bits per heavy atom. The molecule has 2 atom stereocenters. The Hall–Kier alpha value is -0.780. The fraction of sp³-hybridized carbons (Fsp3) is 0.700. The van der Waals surface area contributed by atoms with Crippen molar-refractivity contribution in [2.75, 3.05) is 0 Å². The first-order chi connectivity index (χ1) is 9.65. The van der Waals surface area contributed by atoms with E-state index in [2.05, 4.69) is 59.4 Å². The van der Waals surface area contributed by atoms with E-state index in [-0.39, 0.29) is 0 Å². The van der Waals surface area contributed by atoms with E-state index < -0.39 is 0 Å². The third kappa shape index (κ3) is 6.59. The van der Waals surface area contributed by atoms with Gasteiger partial charge in [0.25, 0.3) is 0 Å². The van der Waals surface area contributed by atoms with Crippen LogP contribution in [0.15, 0.2) is 36.0 Å². The molecule has 0 nitrogen and oxygen atoms in total. The van der Waals surface area contributed by atoms with E-state index in [9.17, 15) is 0 Å². The second-order valence-electron chi connectivity index (χ2n) is 5.77. The van der Waals surface area contributed by atoms with Gasteiger partial charge in [-0.3, -0.25) is 0 Å². The summed E-state index contributed by atoms with van der Waals surface area (Å²) in [6.07, 6.45) is 15.5. The van der Waals surface area contributed by atoms with E-state index in [1.54, 1.807) is 0 Å². The first-order valence-corrected chi connectivity index (χ1v) is 8.65. The SMILES string of the molecule is C=C(/C(=C/C)CCC)[C@@H](C/C=C/CC)C(CC)CCC. The van der Waals surface area contributed by atoms with Crippen LogP contribution in [0.3, 0.4) is 0 Å². The molecule has 0 aromatic carbocycles. The first kappa shape index (κ1) is 19.2. The molecule has 0 aliphatic carbocycles. The van der Waals surface area contributed by atoms with Crippen molar-refractivity contribution >= 4 is 0 Å². The lowest BCUT2D eigenvalue weighted by atomic mass is 9.76. The Kier molecular flexibility index (Phi) is 11.5. The average Bonchev–Trinajstić information content (AvgIpc) is 2.46. The van der Waals surface area contributed by atoms with E-state index in [0.717, 1.165) is 18.8 Å². The minimum Gasteiger partial charge on any atom is -0.0953 e. The maximum absolute atomic E-state index is 4.47. The molecule has 20 heavy (non-hydrogen) atoms. The van der Waals surface area contributed by atoms with Crippen LogP contribution in [0, 0.1) is 11.8 Å². The average molecular weight is 277 g/mol. The maximum Gasteiger partial charge on any atom is -0.0102 e. The van der Waals surface area contributed by atoms with E-state index in [0.29, 0.717) is 5.92 Å². The van der Waals surface area contributed by atoms with E-state index in [1.807, 2.05) is 0 Å². The lowest BCUT2D eigenvalue weighted by Crippen LogP contribution is -2.17. The zero-order valence-corrected chi connectivity index (χ0v) is 14.5. The molecule has 0 saturated carbocycles. The summed E-state index contributed by atoms with van der Waals surface area (Å²) in [4.78, 5) is 0. The van der Waals surface area contributed by atoms with E-state index in [1.165, 1.54) is 43.3 Å². The van der Waals surface area contributed by atoms with E-state index in [4.69, 9.17) is 0 Å². The lowest BCUT2D eigenvalue weighted by Gasteiger charge is -2.28. The van der Waals surface area contributed by atoms with Crippen molar-refractivity contribution in [3.8, 4) is 0 Å². The Morgan fingerprint density at radius 2 is 1.75 bits per heavy atom. The molecule has 0 aliphatic rings. The molecule has 0 aliphatic heterocycles. The summed E-state index contributed by atoms with van der Waals surface area (Å²) >= 11 is 0. The van der Waals surface area contributed by atoms with Crippen molar-refractivity contribution in [1.82, 2.24) is 0 Å². The van der Waals surface area contributed by atoms with Gasteiger partial charge in [-0.15, -0.1) is 0 Å². The van der Waals surface area contributed by atoms with Crippen LogP contribution >= 0.6 is 0 Å². The molecule has 116 valence electrons. The second kappa shape index (κ2) is 12.0. The third-order valence-corrected chi connectivity index (χ3v) is 4.27. The zero-order chi connectivity index (χ0) is 15.4. The predicted octanol–water partition coefficient (Wildman–Crippen LogP) is 7.09. The molecule has 0 radical (unpaired) electrons. The highest BCUT2D eigenvalue weighted by Gasteiger charge is 2.22. The number of allylic oxidation sites excluding steroid dienone is 5. The molecule has 0 heteroatoms. The van der Waals surface area contributed by atoms with Gasteiger partial charge in [-0.05, 0) is 49.2 Å². The molecule has 0 amide bonds. The molecule has 0 spiro atoms. The van der Waals surface area contributed by atoms with Crippen molar-refractivity contribution in [2.45, 2.75) is 79.6 Å². The van der Waals surface area contributed by atoms with Gasteiger partial charge in [0.05, 0.1) is 0 Å². The normalized spacial score (nSPS) is 15.6. The number of hydrogen-bond donors (Lipinski definition) is 0. The second-order valence-corrected chi connectivity index (χ2v) is 5.77. The zero-order valence-electron chi connectivity index (χ0n) is 14.5. The van der Waals surface area contributed by atoms with Gasteiger partial charge >= 0.3 is 0 Å². The van der Waals surface area contributed by atoms with Crippen LogP contribution in [0.25, 0.3) is 0 Å². The van der Waals surface area contributed by atoms with Gasteiger partial charge in [0.15, 0.2) is 0 Å².